The smallest absolute Gasteiger partial charge is 0.178 e. The SMILES string of the molecule is Cc1cccc(NC(=S)N(c2ccccc2)C(C)C)c1. The molecular formula is C17H20N2S. The van der Waals surface area contributed by atoms with Crippen LogP contribution in [0.2, 0.25) is 0 Å². The molecule has 0 saturated carbocycles. The van der Waals surface area contributed by atoms with E-state index in [-0.39, 0.29) is 0 Å². The topological polar surface area (TPSA) is 15.3 Å². The molecule has 20 heavy (non-hydrogen) atoms. The molecule has 1 N–H and O–H groups in total. The van der Waals surface area contributed by atoms with Crippen LogP contribution >= 0.6 is 12.2 Å². The molecule has 0 bridgehead atoms. The highest BCUT2D eigenvalue weighted by atomic mass is 32.1. The Bertz CT molecular complexity index is 579. The summed E-state index contributed by atoms with van der Waals surface area (Å²) in [4.78, 5) is 2.12. The maximum atomic E-state index is 5.57. The standard InChI is InChI=1S/C17H20N2S/c1-13(2)19(16-10-5-4-6-11-16)17(20)18-15-9-7-8-14(3)12-15/h4-13H,1-3H3,(H,18,20). The van der Waals surface area contributed by atoms with E-state index in [4.69, 9.17) is 12.2 Å². The van der Waals surface area contributed by atoms with Crippen LogP contribution in [0.5, 0.6) is 0 Å². The summed E-state index contributed by atoms with van der Waals surface area (Å²) in [6, 6.07) is 18.7. The van der Waals surface area contributed by atoms with Crippen LogP contribution in [0.15, 0.2) is 54.6 Å². The number of hydrogen-bond acceptors (Lipinski definition) is 1. The Hall–Kier alpha value is -1.87. The van der Waals surface area contributed by atoms with Gasteiger partial charge in [0.15, 0.2) is 5.11 Å². The molecule has 0 radical (unpaired) electrons. The number of aryl methyl sites for hydroxylation is 1. The summed E-state index contributed by atoms with van der Waals surface area (Å²) in [6.45, 7) is 6.35. The molecule has 0 saturated heterocycles. The zero-order chi connectivity index (χ0) is 14.5. The van der Waals surface area contributed by atoms with Crippen LogP contribution in [-0.2, 0) is 0 Å². The minimum absolute atomic E-state index is 0.294. The molecular weight excluding hydrogens is 264 g/mol. The van der Waals surface area contributed by atoms with Crippen LogP contribution < -0.4 is 10.2 Å². The molecule has 0 aliphatic rings. The number of anilines is 2. The minimum Gasteiger partial charge on any atom is -0.332 e. The summed E-state index contributed by atoms with van der Waals surface area (Å²) in [6.07, 6.45) is 0. The van der Waals surface area contributed by atoms with Crippen molar-refractivity contribution >= 4 is 28.7 Å². The zero-order valence-corrected chi connectivity index (χ0v) is 12.9. The number of nitrogens with zero attached hydrogens (tertiary/aromatic N) is 1. The van der Waals surface area contributed by atoms with E-state index in [0.29, 0.717) is 6.04 Å². The third-order valence-electron chi connectivity index (χ3n) is 3.04. The van der Waals surface area contributed by atoms with Crippen molar-refractivity contribution in [1.29, 1.82) is 0 Å². The van der Waals surface area contributed by atoms with Gasteiger partial charge < -0.3 is 10.2 Å². The summed E-state index contributed by atoms with van der Waals surface area (Å²) in [5.74, 6) is 0. The second kappa shape index (κ2) is 6.53. The third kappa shape index (κ3) is 3.58. The fourth-order valence-electron chi connectivity index (χ4n) is 2.15. The van der Waals surface area contributed by atoms with Gasteiger partial charge in [-0.15, -0.1) is 0 Å². The molecule has 0 unspecified atom stereocenters. The van der Waals surface area contributed by atoms with Crippen LogP contribution in [0, 0.1) is 6.92 Å². The fourth-order valence-corrected chi connectivity index (χ4v) is 2.58. The van der Waals surface area contributed by atoms with Crippen molar-refractivity contribution in [3.63, 3.8) is 0 Å². The highest BCUT2D eigenvalue weighted by Crippen LogP contribution is 2.19. The Kier molecular flexibility index (Phi) is 4.74. The van der Waals surface area contributed by atoms with Crippen molar-refractivity contribution < 1.29 is 0 Å². The van der Waals surface area contributed by atoms with Crippen molar-refractivity contribution in [2.24, 2.45) is 0 Å². The molecule has 2 rings (SSSR count). The van der Waals surface area contributed by atoms with Gasteiger partial charge in [-0.1, -0.05) is 30.3 Å². The normalized spacial score (nSPS) is 10.4. The first-order valence-corrected chi connectivity index (χ1v) is 7.20. The highest BCUT2D eigenvalue weighted by molar-refractivity contribution is 7.80. The van der Waals surface area contributed by atoms with Crippen molar-refractivity contribution in [3.8, 4) is 0 Å². The Morgan fingerprint density at radius 1 is 1.05 bits per heavy atom. The van der Waals surface area contributed by atoms with Crippen LogP contribution in [-0.4, -0.2) is 11.2 Å². The molecule has 0 fully saturated rings. The number of hydrogen-bond donors (Lipinski definition) is 1. The number of thiocarbonyl (C=S) groups is 1. The van der Waals surface area contributed by atoms with Gasteiger partial charge in [-0.25, -0.2) is 0 Å². The molecule has 2 aromatic carbocycles. The predicted octanol–water partition coefficient (Wildman–Crippen LogP) is 4.61. The number of para-hydroxylation sites is 1. The van der Waals surface area contributed by atoms with Crippen molar-refractivity contribution in [1.82, 2.24) is 0 Å². The lowest BCUT2D eigenvalue weighted by Gasteiger charge is -2.29. The molecule has 0 atom stereocenters. The maximum Gasteiger partial charge on any atom is 0.178 e. The van der Waals surface area contributed by atoms with E-state index < -0.39 is 0 Å². The predicted molar refractivity (Wildman–Crippen MR) is 91.5 cm³/mol. The summed E-state index contributed by atoms with van der Waals surface area (Å²) in [5, 5.41) is 4.04. The van der Waals surface area contributed by atoms with Crippen molar-refractivity contribution in [2.75, 3.05) is 10.2 Å². The van der Waals surface area contributed by atoms with Crippen LogP contribution in [0.4, 0.5) is 11.4 Å². The van der Waals surface area contributed by atoms with Crippen molar-refractivity contribution in [3.05, 3.63) is 60.2 Å². The first-order valence-electron chi connectivity index (χ1n) is 6.80. The van der Waals surface area contributed by atoms with E-state index in [1.54, 1.807) is 0 Å². The van der Waals surface area contributed by atoms with Gasteiger partial charge in [0.2, 0.25) is 0 Å². The Balaban J connectivity index is 2.20. The lowest BCUT2D eigenvalue weighted by atomic mass is 10.2. The molecule has 104 valence electrons. The lowest BCUT2D eigenvalue weighted by molar-refractivity contribution is 0.811. The summed E-state index contributed by atoms with van der Waals surface area (Å²) < 4.78 is 0. The van der Waals surface area contributed by atoms with E-state index in [1.807, 2.05) is 30.3 Å². The molecule has 2 nitrogen and oxygen atoms in total. The molecule has 0 amide bonds. The second-order valence-corrected chi connectivity index (χ2v) is 5.49. The number of rotatable bonds is 3. The van der Waals surface area contributed by atoms with Crippen LogP contribution in [0.25, 0.3) is 0 Å². The van der Waals surface area contributed by atoms with Gasteiger partial charge in [-0.3, -0.25) is 0 Å². The van der Waals surface area contributed by atoms with Crippen molar-refractivity contribution in [2.45, 2.75) is 26.8 Å². The summed E-state index contributed by atoms with van der Waals surface area (Å²) in [7, 11) is 0. The van der Waals surface area contributed by atoms with Crippen LogP contribution in [0.3, 0.4) is 0 Å². The Morgan fingerprint density at radius 3 is 2.35 bits per heavy atom. The minimum atomic E-state index is 0.294. The van der Waals surface area contributed by atoms with E-state index in [1.165, 1.54) is 5.56 Å². The van der Waals surface area contributed by atoms with Gasteiger partial charge in [0.25, 0.3) is 0 Å². The second-order valence-electron chi connectivity index (χ2n) is 5.10. The fraction of sp³-hybridized carbons (Fsp3) is 0.235. The van der Waals surface area contributed by atoms with Gasteiger partial charge in [0, 0.05) is 17.4 Å². The average Bonchev–Trinajstić information content (AvgIpc) is 2.39. The number of benzene rings is 2. The number of nitrogens with one attached hydrogen (secondary N) is 1. The first-order chi connectivity index (χ1) is 9.58. The molecule has 0 heterocycles. The summed E-state index contributed by atoms with van der Waals surface area (Å²) in [5.41, 5.74) is 3.35. The van der Waals surface area contributed by atoms with Crippen LogP contribution in [0.1, 0.15) is 19.4 Å². The maximum absolute atomic E-state index is 5.57. The zero-order valence-electron chi connectivity index (χ0n) is 12.1. The van der Waals surface area contributed by atoms with Gasteiger partial charge in [-0.05, 0) is 62.8 Å². The molecule has 0 aliphatic heterocycles. The first kappa shape index (κ1) is 14.5. The summed E-state index contributed by atoms with van der Waals surface area (Å²) >= 11 is 5.57. The van der Waals surface area contributed by atoms with E-state index in [9.17, 15) is 0 Å². The third-order valence-corrected chi connectivity index (χ3v) is 3.34. The monoisotopic (exact) mass is 284 g/mol. The largest absolute Gasteiger partial charge is 0.332 e. The van der Waals surface area contributed by atoms with Gasteiger partial charge in [0.05, 0.1) is 0 Å². The highest BCUT2D eigenvalue weighted by Gasteiger charge is 2.15. The molecule has 3 heteroatoms. The Morgan fingerprint density at radius 2 is 1.75 bits per heavy atom. The molecule has 0 spiro atoms. The van der Waals surface area contributed by atoms with E-state index in [0.717, 1.165) is 16.5 Å². The van der Waals surface area contributed by atoms with Gasteiger partial charge >= 0.3 is 0 Å². The lowest BCUT2D eigenvalue weighted by Crippen LogP contribution is -2.40. The average molecular weight is 284 g/mol. The van der Waals surface area contributed by atoms with Gasteiger partial charge in [-0.2, -0.15) is 0 Å². The van der Waals surface area contributed by atoms with E-state index >= 15 is 0 Å². The molecule has 0 aliphatic carbocycles. The molecule has 2 aromatic rings. The van der Waals surface area contributed by atoms with Gasteiger partial charge in [0.1, 0.15) is 0 Å². The van der Waals surface area contributed by atoms with E-state index in [2.05, 4.69) is 55.3 Å². The quantitative estimate of drug-likeness (QED) is 0.829. The molecule has 0 aromatic heterocycles. The Labute approximate surface area is 126 Å².